The second-order valence-corrected chi connectivity index (χ2v) is 2.38. The first-order valence-electron chi connectivity index (χ1n) is 3.48. The van der Waals surface area contributed by atoms with Crippen LogP contribution in [0.2, 0.25) is 6.32 Å². The maximum absolute atomic E-state index is 12.7. The minimum atomic E-state index is -1.43. The summed E-state index contributed by atoms with van der Waals surface area (Å²) in [6.07, 6.45) is -0.362. The molecule has 0 fully saturated rings. The van der Waals surface area contributed by atoms with Gasteiger partial charge < -0.3 is 5.11 Å². The molecule has 0 saturated carbocycles. The molecule has 0 aliphatic heterocycles. The summed E-state index contributed by atoms with van der Waals surface area (Å²) in [6, 6.07) is 1.75. The molecule has 1 aromatic carbocycles. The minimum absolute atomic E-state index is 0.304. The highest BCUT2D eigenvalue weighted by Crippen LogP contribution is 2.24. The van der Waals surface area contributed by atoms with Crippen LogP contribution in [0.4, 0.5) is 8.78 Å². The number of benzene rings is 1. The van der Waals surface area contributed by atoms with Crippen LogP contribution in [-0.2, 0) is 0 Å². The van der Waals surface area contributed by atoms with E-state index in [1.54, 1.807) is 0 Å². The molecule has 13 heavy (non-hydrogen) atoms. The van der Waals surface area contributed by atoms with Crippen molar-refractivity contribution in [3.8, 4) is 5.75 Å². The molecular formula is C8H5BF2O2. The van der Waals surface area contributed by atoms with Gasteiger partial charge in [-0.2, -0.15) is 4.39 Å². The third-order valence-corrected chi connectivity index (χ3v) is 1.55. The molecule has 0 aromatic heterocycles. The fourth-order valence-electron chi connectivity index (χ4n) is 0.875. The van der Waals surface area contributed by atoms with Crippen LogP contribution in [0.3, 0.4) is 0 Å². The number of phenolic OH excluding ortho intramolecular Hbond substituents is 1. The maximum Gasteiger partial charge on any atom is 0.201 e. The molecule has 0 bridgehead atoms. The molecule has 0 atom stereocenters. The number of rotatable bonds is 2. The summed E-state index contributed by atoms with van der Waals surface area (Å²) in [7, 11) is 4.98. The molecule has 1 aromatic rings. The molecule has 0 amide bonds. The Morgan fingerprint density at radius 1 is 1.46 bits per heavy atom. The Balaban J connectivity index is 3.26. The van der Waals surface area contributed by atoms with Crippen molar-refractivity contribution >= 4 is 13.6 Å². The lowest BCUT2D eigenvalue weighted by molar-refractivity contribution is 0.101. The predicted octanol–water partition coefficient (Wildman–Crippen LogP) is 1.44. The van der Waals surface area contributed by atoms with Crippen molar-refractivity contribution in [1.82, 2.24) is 0 Å². The average Bonchev–Trinajstić information content (AvgIpc) is 2.13. The van der Waals surface area contributed by atoms with Crippen molar-refractivity contribution in [3.63, 3.8) is 0 Å². The highest BCUT2D eigenvalue weighted by Gasteiger charge is 2.15. The van der Waals surface area contributed by atoms with Gasteiger partial charge in [-0.25, -0.2) is 4.39 Å². The maximum atomic E-state index is 12.7. The molecule has 0 spiro atoms. The molecule has 5 heteroatoms. The molecule has 1 rings (SSSR count). The summed E-state index contributed by atoms with van der Waals surface area (Å²) in [5, 5.41) is 8.99. The van der Waals surface area contributed by atoms with E-state index in [9.17, 15) is 13.6 Å². The topological polar surface area (TPSA) is 37.3 Å². The van der Waals surface area contributed by atoms with Gasteiger partial charge in [-0.15, -0.1) is 0 Å². The Morgan fingerprint density at radius 3 is 2.62 bits per heavy atom. The number of aromatic hydroxyl groups is 1. The van der Waals surface area contributed by atoms with Crippen molar-refractivity contribution < 1.29 is 18.7 Å². The number of hydrogen-bond acceptors (Lipinski definition) is 2. The predicted molar refractivity (Wildman–Crippen MR) is 42.9 cm³/mol. The van der Waals surface area contributed by atoms with E-state index in [1.807, 2.05) is 0 Å². The summed E-state index contributed by atoms with van der Waals surface area (Å²) in [6.45, 7) is 0. The molecule has 0 aliphatic rings. The van der Waals surface area contributed by atoms with Crippen molar-refractivity contribution in [2.75, 3.05) is 0 Å². The van der Waals surface area contributed by atoms with Crippen LogP contribution in [0.5, 0.6) is 5.75 Å². The van der Waals surface area contributed by atoms with E-state index in [0.717, 1.165) is 12.1 Å². The monoisotopic (exact) mass is 182 g/mol. The van der Waals surface area contributed by atoms with Crippen molar-refractivity contribution in [3.05, 3.63) is 29.3 Å². The van der Waals surface area contributed by atoms with Gasteiger partial charge in [0, 0.05) is 0 Å². The Bertz CT molecular complexity index is 352. The number of carbonyl (C=O) groups is 1. The zero-order valence-corrected chi connectivity index (χ0v) is 6.55. The quantitative estimate of drug-likeness (QED) is 0.554. The third kappa shape index (κ3) is 1.69. The Kier molecular flexibility index (Phi) is 2.65. The Morgan fingerprint density at radius 2 is 2.08 bits per heavy atom. The van der Waals surface area contributed by atoms with Crippen LogP contribution < -0.4 is 0 Å². The zero-order chi connectivity index (χ0) is 10.0. The van der Waals surface area contributed by atoms with Gasteiger partial charge in [0.2, 0.25) is 5.82 Å². The van der Waals surface area contributed by atoms with Crippen LogP contribution in [0.15, 0.2) is 12.1 Å². The van der Waals surface area contributed by atoms with Gasteiger partial charge >= 0.3 is 0 Å². The van der Waals surface area contributed by atoms with E-state index in [1.165, 1.54) is 0 Å². The van der Waals surface area contributed by atoms with Gasteiger partial charge in [0.15, 0.2) is 17.3 Å². The molecule has 0 aliphatic carbocycles. The fraction of sp³-hybridized carbons (Fsp3) is 0.125. The van der Waals surface area contributed by atoms with Crippen LogP contribution >= 0.6 is 0 Å². The lowest BCUT2D eigenvalue weighted by Crippen LogP contribution is -2.00. The van der Waals surface area contributed by atoms with Crippen LogP contribution in [0.1, 0.15) is 10.4 Å². The van der Waals surface area contributed by atoms with Crippen molar-refractivity contribution in [2.45, 2.75) is 6.32 Å². The zero-order valence-electron chi connectivity index (χ0n) is 6.55. The summed E-state index contributed by atoms with van der Waals surface area (Å²) < 4.78 is 25.1. The summed E-state index contributed by atoms with van der Waals surface area (Å²) in [5.41, 5.74) is -0.304. The Labute approximate surface area is 74.6 Å². The number of halogens is 2. The van der Waals surface area contributed by atoms with E-state index in [-0.39, 0.29) is 11.9 Å². The second-order valence-electron chi connectivity index (χ2n) is 2.38. The first-order valence-corrected chi connectivity index (χ1v) is 3.48. The third-order valence-electron chi connectivity index (χ3n) is 1.55. The first-order chi connectivity index (χ1) is 6.07. The number of Topliss-reactive ketones (excluding diaryl/α,β-unsaturated/α-hetero) is 1. The van der Waals surface area contributed by atoms with Gasteiger partial charge in [-0.1, -0.05) is 0 Å². The summed E-state index contributed by atoms with van der Waals surface area (Å²) in [5.74, 6) is -4.27. The molecular weight excluding hydrogens is 177 g/mol. The van der Waals surface area contributed by atoms with Crippen LogP contribution in [0, 0.1) is 11.6 Å². The normalized spacial score (nSPS) is 10.0. The van der Waals surface area contributed by atoms with E-state index in [4.69, 9.17) is 13.0 Å². The van der Waals surface area contributed by atoms with Crippen molar-refractivity contribution in [1.29, 1.82) is 0 Å². The van der Waals surface area contributed by atoms with Gasteiger partial charge in [0.05, 0.1) is 13.4 Å². The molecule has 0 heterocycles. The van der Waals surface area contributed by atoms with Crippen LogP contribution in [-0.4, -0.2) is 18.7 Å². The molecule has 2 radical (unpaired) electrons. The standard InChI is InChI=1S/C8H5BF2O2/c9-3-6(12)4-1-2-5(10)7(11)8(4)13/h1-2,13H,3H2. The van der Waals surface area contributed by atoms with Gasteiger partial charge in [0.1, 0.15) is 0 Å². The number of carbonyl (C=O) groups excluding carboxylic acids is 1. The number of phenols is 1. The lowest BCUT2D eigenvalue weighted by atomic mass is 9.95. The highest BCUT2D eigenvalue weighted by atomic mass is 19.2. The van der Waals surface area contributed by atoms with Crippen molar-refractivity contribution in [2.24, 2.45) is 0 Å². The van der Waals surface area contributed by atoms with E-state index < -0.39 is 23.2 Å². The molecule has 0 unspecified atom stereocenters. The van der Waals surface area contributed by atoms with Gasteiger partial charge in [0.25, 0.3) is 0 Å². The molecule has 2 nitrogen and oxygen atoms in total. The first kappa shape index (κ1) is 9.70. The Hall–Kier alpha value is -1.39. The van der Waals surface area contributed by atoms with Crippen LogP contribution in [0.25, 0.3) is 0 Å². The summed E-state index contributed by atoms with van der Waals surface area (Å²) >= 11 is 0. The van der Waals surface area contributed by atoms with Gasteiger partial charge in [-0.05, 0) is 18.5 Å². The molecule has 66 valence electrons. The lowest BCUT2D eigenvalue weighted by Gasteiger charge is -2.02. The average molecular weight is 182 g/mol. The van der Waals surface area contributed by atoms with E-state index >= 15 is 0 Å². The molecule has 0 saturated heterocycles. The van der Waals surface area contributed by atoms with E-state index in [0.29, 0.717) is 0 Å². The summed E-state index contributed by atoms with van der Waals surface area (Å²) in [4.78, 5) is 10.9. The number of hydrogen-bond donors (Lipinski definition) is 1. The van der Waals surface area contributed by atoms with Gasteiger partial charge in [-0.3, -0.25) is 4.79 Å². The fourth-order valence-corrected chi connectivity index (χ4v) is 0.875. The highest BCUT2D eigenvalue weighted by molar-refractivity contribution is 6.24. The smallest absolute Gasteiger partial charge is 0.201 e. The SMILES string of the molecule is [B]CC(=O)c1ccc(F)c(F)c1O. The minimum Gasteiger partial charge on any atom is -0.504 e. The largest absolute Gasteiger partial charge is 0.504 e. The van der Waals surface area contributed by atoms with E-state index in [2.05, 4.69) is 0 Å². The number of ketones is 1. The second kappa shape index (κ2) is 3.55. The molecule has 1 N–H and O–H groups in total.